The predicted octanol–water partition coefficient (Wildman–Crippen LogP) is 4.87. The first-order valence-electron chi connectivity index (χ1n) is 8.20. The molecule has 3 rings (SSSR count). The van der Waals surface area contributed by atoms with Crippen molar-refractivity contribution in [2.45, 2.75) is 19.3 Å². The van der Waals surface area contributed by atoms with E-state index in [-0.39, 0.29) is 11.8 Å². The molecule has 1 aliphatic heterocycles. The second kappa shape index (κ2) is 7.89. The fourth-order valence-corrected chi connectivity index (χ4v) is 3.31. The molecule has 0 aromatic heterocycles. The summed E-state index contributed by atoms with van der Waals surface area (Å²) in [7, 11) is 0. The van der Waals surface area contributed by atoms with E-state index in [0.717, 1.165) is 32.4 Å². The maximum Gasteiger partial charge on any atom is 0.255 e. The summed E-state index contributed by atoms with van der Waals surface area (Å²) in [6, 6.07) is 11.6. The van der Waals surface area contributed by atoms with E-state index in [4.69, 9.17) is 23.2 Å². The molecule has 1 N–H and O–H groups in total. The van der Waals surface area contributed by atoms with Gasteiger partial charge in [-0.05, 0) is 55.7 Å². The van der Waals surface area contributed by atoms with Crippen LogP contribution in [0.3, 0.4) is 0 Å². The summed E-state index contributed by atoms with van der Waals surface area (Å²) in [6.45, 7) is 1.55. The third-order valence-electron chi connectivity index (χ3n) is 4.19. The van der Waals surface area contributed by atoms with Gasteiger partial charge in [-0.1, -0.05) is 29.3 Å². The number of benzene rings is 2. The predicted molar refractivity (Wildman–Crippen MR) is 101 cm³/mol. The van der Waals surface area contributed by atoms with E-state index in [1.807, 2.05) is 4.90 Å². The van der Waals surface area contributed by atoms with Crippen LogP contribution in [0.4, 0.5) is 5.69 Å². The zero-order valence-electron chi connectivity index (χ0n) is 13.6. The molecule has 130 valence electrons. The number of nitrogens with zero attached hydrogens (tertiary/aromatic N) is 1. The number of anilines is 1. The van der Waals surface area contributed by atoms with Gasteiger partial charge in [0.2, 0.25) is 0 Å². The zero-order valence-corrected chi connectivity index (χ0v) is 15.1. The van der Waals surface area contributed by atoms with Crippen LogP contribution in [0.2, 0.25) is 10.0 Å². The highest BCUT2D eigenvalue weighted by Gasteiger charge is 2.19. The highest BCUT2D eigenvalue weighted by atomic mass is 35.5. The van der Waals surface area contributed by atoms with E-state index in [0.29, 0.717) is 26.9 Å². The van der Waals surface area contributed by atoms with Crippen LogP contribution in [0.5, 0.6) is 0 Å². The molecule has 0 atom stereocenters. The Morgan fingerprint density at radius 3 is 2.36 bits per heavy atom. The number of carbonyl (C=O) groups excluding carboxylic acids is 2. The molecule has 25 heavy (non-hydrogen) atoms. The highest BCUT2D eigenvalue weighted by molar-refractivity contribution is 6.36. The molecule has 0 radical (unpaired) electrons. The molecule has 0 spiro atoms. The molecule has 2 aromatic carbocycles. The molecule has 0 saturated carbocycles. The lowest BCUT2D eigenvalue weighted by Crippen LogP contribution is -2.35. The first kappa shape index (κ1) is 17.8. The van der Waals surface area contributed by atoms with Crippen LogP contribution < -0.4 is 5.32 Å². The van der Waals surface area contributed by atoms with Crippen LogP contribution in [0.1, 0.15) is 40.0 Å². The standard InChI is InChI=1S/C19H18Cl2N2O2/c20-15-7-8-17(16(21)12-15)22-18(24)13-5-4-6-14(11-13)19(25)23-9-2-1-3-10-23/h4-8,11-12H,1-3,9-10H2,(H,22,24). The van der Waals surface area contributed by atoms with Crippen LogP contribution in [0.25, 0.3) is 0 Å². The SMILES string of the molecule is O=C(Nc1ccc(Cl)cc1Cl)c1cccc(C(=O)N2CCCCC2)c1. The molecule has 0 bridgehead atoms. The molecule has 1 heterocycles. The molecule has 4 nitrogen and oxygen atoms in total. The van der Waals surface area contributed by atoms with Crippen molar-refractivity contribution in [1.82, 2.24) is 4.90 Å². The Hall–Kier alpha value is -2.04. The van der Waals surface area contributed by atoms with Gasteiger partial charge < -0.3 is 10.2 Å². The maximum absolute atomic E-state index is 12.6. The molecule has 1 fully saturated rings. The number of hydrogen-bond acceptors (Lipinski definition) is 2. The molecule has 0 aliphatic carbocycles. The molecule has 0 unspecified atom stereocenters. The summed E-state index contributed by atoms with van der Waals surface area (Å²) >= 11 is 11.9. The van der Waals surface area contributed by atoms with E-state index in [1.165, 1.54) is 0 Å². The van der Waals surface area contributed by atoms with Gasteiger partial charge in [0.05, 0.1) is 10.7 Å². The minimum absolute atomic E-state index is 0.0288. The van der Waals surface area contributed by atoms with E-state index in [2.05, 4.69) is 5.32 Å². The highest BCUT2D eigenvalue weighted by Crippen LogP contribution is 2.26. The van der Waals surface area contributed by atoms with Gasteiger partial charge in [-0.3, -0.25) is 9.59 Å². The Balaban J connectivity index is 1.76. The number of carbonyl (C=O) groups is 2. The quantitative estimate of drug-likeness (QED) is 0.830. The number of rotatable bonds is 3. The minimum atomic E-state index is -0.322. The molecule has 2 amide bonds. The Morgan fingerprint density at radius 1 is 0.920 bits per heavy atom. The Kier molecular flexibility index (Phi) is 5.61. The summed E-state index contributed by atoms with van der Waals surface area (Å²) in [5.74, 6) is -0.351. The van der Waals surface area contributed by atoms with Crippen molar-refractivity contribution in [2.75, 3.05) is 18.4 Å². The van der Waals surface area contributed by atoms with Crippen molar-refractivity contribution < 1.29 is 9.59 Å². The molecule has 2 aromatic rings. The first-order valence-corrected chi connectivity index (χ1v) is 8.96. The maximum atomic E-state index is 12.6. The fourth-order valence-electron chi connectivity index (χ4n) is 2.86. The number of amides is 2. The normalized spacial score (nSPS) is 14.2. The number of hydrogen-bond donors (Lipinski definition) is 1. The number of likely N-dealkylation sites (tertiary alicyclic amines) is 1. The summed E-state index contributed by atoms with van der Waals surface area (Å²) < 4.78 is 0. The van der Waals surface area contributed by atoms with Gasteiger partial charge in [0.15, 0.2) is 0 Å². The minimum Gasteiger partial charge on any atom is -0.339 e. The van der Waals surface area contributed by atoms with E-state index >= 15 is 0 Å². The van der Waals surface area contributed by atoms with Crippen LogP contribution in [0, 0.1) is 0 Å². The molecular formula is C19H18Cl2N2O2. The second-order valence-corrected chi connectivity index (χ2v) is 6.86. The Morgan fingerprint density at radius 2 is 1.64 bits per heavy atom. The fraction of sp³-hybridized carbons (Fsp3) is 0.263. The van der Waals surface area contributed by atoms with Crippen molar-refractivity contribution in [1.29, 1.82) is 0 Å². The molecule has 6 heteroatoms. The van der Waals surface area contributed by atoms with E-state index in [1.54, 1.807) is 42.5 Å². The second-order valence-electron chi connectivity index (χ2n) is 6.01. The zero-order chi connectivity index (χ0) is 17.8. The molecule has 1 saturated heterocycles. The van der Waals surface area contributed by atoms with Gasteiger partial charge in [-0.2, -0.15) is 0 Å². The topological polar surface area (TPSA) is 49.4 Å². The van der Waals surface area contributed by atoms with Gasteiger partial charge >= 0.3 is 0 Å². The van der Waals surface area contributed by atoms with Gasteiger partial charge in [0.1, 0.15) is 0 Å². The monoisotopic (exact) mass is 376 g/mol. The summed E-state index contributed by atoms with van der Waals surface area (Å²) in [4.78, 5) is 26.9. The molecular weight excluding hydrogens is 359 g/mol. The smallest absolute Gasteiger partial charge is 0.255 e. The molecule has 1 aliphatic rings. The summed E-state index contributed by atoms with van der Waals surface area (Å²) in [5.41, 5.74) is 1.41. The lowest BCUT2D eigenvalue weighted by atomic mass is 10.1. The van der Waals surface area contributed by atoms with E-state index < -0.39 is 0 Å². The first-order chi connectivity index (χ1) is 12.0. The van der Waals surface area contributed by atoms with Crippen molar-refractivity contribution in [3.8, 4) is 0 Å². The van der Waals surface area contributed by atoms with Gasteiger partial charge in [0.25, 0.3) is 11.8 Å². The van der Waals surface area contributed by atoms with Crippen LogP contribution in [0.15, 0.2) is 42.5 Å². The Bertz CT molecular complexity index is 802. The lowest BCUT2D eigenvalue weighted by molar-refractivity contribution is 0.0724. The summed E-state index contributed by atoms with van der Waals surface area (Å²) in [6.07, 6.45) is 3.22. The largest absolute Gasteiger partial charge is 0.339 e. The van der Waals surface area contributed by atoms with Crippen LogP contribution in [-0.2, 0) is 0 Å². The number of nitrogens with one attached hydrogen (secondary N) is 1. The number of halogens is 2. The summed E-state index contributed by atoms with van der Waals surface area (Å²) in [5, 5.41) is 3.60. The van der Waals surface area contributed by atoms with Crippen molar-refractivity contribution >= 4 is 40.7 Å². The van der Waals surface area contributed by atoms with Crippen molar-refractivity contribution in [2.24, 2.45) is 0 Å². The van der Waals surface area contributed by atoms with Gasteiger partial charge in [-0.15, -0.1) is 0 Å². The van der Waals surface area contributed by atoms with Crippen LogP contribution >= 0.6 is 23.2 Å². The average Bonchev–Trinajstić information content (AvgIpc) is 2.64. The Labute approximate surface area is 156 Å². The third-order valence-corrected chi connectivity index (χ3v) is 4.74. The van der Waals surface area contributed by atoms with Gasteiger partial charge in [0, 0.05) is 29.2 Å². The average molecular weight is 377 g/mol. The third kappa shape index (κ3) is 4.33. The van der Waals surface area contributed by atoms with Gasteiger partial charge in [-0.25, -0.2) is 0 Å². The van der Waals surface area contributed by atoms with Crippen molar-refractivity contribution in [3.63, 3.8) is 0 Å². The van der Waals surface area contributed by atoms with Crippen molar-refractivity contribution in [3.05, 3.63) is 63.6 Å². The number of piperidine rings is 1. The van der Waals surface area contributed by atoms with E-state index in [9.17, 15) is 9.59 Å². The van der Waals surface area contributed by atoms with Crippen LogP contribution in [-0.4, -0.2) is 29.8 Å². The lowest BCUT2D eigenvalue weighted by Gasteiger charge is -2.26.